The van der Waals surface area contributed by atoms with Crippen molar-refractivity contribution < 1.29 is 48.0 Å². The van der Waals surface area contributed by atoms with Gasteiger partial charge >= 0.3 is 12.1 Å². The van der Waals surface area contributed by atoms with E-state index in [0.717, 1.165) is 11.1 Å². The van der Waals surface area contributed by atoms with E-state index < -0.39 is 65.7 Å². The highest BCUT2D eigenvalue weighted by molar-refractivity contribution is 7.98. The van der Waals surface area contributed by atoms with Gasteiger partial charge in [0.1, 0.15) is 40.7 Å². The molecule has 4 bridgehead atoms. The molecule has 2 N–H and O–H groups in total. The molecule has 2 saturated heterocycles. The first-order valence-corrected chi connectivity index (χ1v) is 18.6. The minimum absolute atomic E-state index is 0.0440. The van der Waals surface area contributed by atoms with Crippen molar-refractivity contribution in [1.29, 1.82) is 0 Å². The van der Waals surface area contributed by atoms with E-state index in [0.29, 0.717) is 23.6 Å². The summed E-state index contributed by atoms with van der Waals surface area (Å²) >= 11 is 8.27. The summed E-state index contributed by atoms with van der Waals surface area (Å²) in [4.78, 5) is 56.0. The Bertz CT molecular complexity index is 1560. The fraction of sp³-hybridized carbons (Fsp3) is 0.611. The maximum atomic E-state index is 14.1. The average molecular weight is 752 g/mol. The standard InChI is InChI=1S/C36H50ClN3O10S/c1-20-11-10-12-27(47-8)36(45)19-26(48-34(44)38-36)21(2)32-35(4,50-32)28(49-33(43)22(3)39(5)29(41)13-14-51-9)18-30(42)40(6)24-16-23(15-20)17-25(46-7)31(24)37/h10-12,16-17,21-22,26-28,32,45H,13-15,18-19H2,1-9H3,(H,38,44)/b12-10+,20-11-/t21-,22+,26+,27-,28+,32+,35+,36+/m1/s1. The smallest absolute Gasteiger partial charge is 0.409 e. The highest BCUT2D eigenvalue weighted by Gasteiger charge is 2.64. The zero-order chi connectivity index (χ0) is 37.8. The van der Waals surface area contributed by atoms with Crippen molar-refractivity contribution in [2.24, 2.45) is 5.92 Å². The fourth-order valence-corrected chi connectivity index (χ4v) is 7.28. The molecule has 282 valence electrons. The SMILES string of the molecule is COc1cc2cc(c1Cl)N(C)C(=O)C[C@H](OC(=O)[C@H](C)N(C)C(=O)CCSC)[C@]1(C)O[C@H]1[C@H](C)[C@@H]1C[C@@](O)(NC(=O)O1)[C@H](OC)/C=C/C=C(/C)C2. The third kappa shape index (κ3) is 9.02. The van der Waals surface area contributed by atoms with E-state index in [9.17, 15) is 24.3 Å². The van der Waals surface area contributed by atoms with Crippen molar-refractivity contribution in [3.8, 4) is 5.75 Å². The molecule has 3 heterocycles. The number of aliphatic hydroxyl groups is 1. The topological polar surface area (TPSA) is 156 Å². The Morgan fingerprint density at radius 1 is 1.27 bits per heavy atom. The van der Waals surface area contributed by atoms with Gasteiger partial charge < -0.3 is 38.6 Å². The lowest BCUT2D eigenvalue weighted by Gasteiger charge is -2.42. The highest BCUT2D eigenvalue weighted by atomic mass is 35.5. The molecule has 0 spiro atoms. The van der Waals surface area contributed by atoms with Crippen LogP contribution in [0.25, 0.3) is 0 Å². The number of alkyl carbamates (subject to hydrolysis) is 1. The van der Waals surface area contributed by atoms with Crippen LogP contribution in [-0.4, -0.2) is 116 Å². The summed E-state index contributed by atoms with van der Waals surface area (Å²) < 4.78 is 29.1. The summed E-state index contributed by atoms with van der Waals surface area (Å²) in [5.74, 6) is -0.896. The van der Waals surface area contributed by atoms with Gasteiger partial charge in [-0.3, -0.25) is 14.9 Å². The summed E-state index contributed by atoms with van der Waals surface area (Å²) in [6.07, 6.45) is 3.16. The molecule has 15 heteroatoms. The van der Waals surface area contributed by atoms with Crippen LogP contribution in [0, 0.1) is 5.92 Å². The monoisotopic (exact) mass is 751 g/mol. The molecule has 1 aromatic rings. The number of epoxide rings is 1. The molecule has 0 aromatic heterocycles. The third-order valence-corrected chi connectivity index (χ3v) is 11.0. The zero-order valence-corrected chi connectivity index (χ0v) is 32.3. The van der Waals surface area contributed by atoms with Crippen molar-refractivity contribution in [3.05, 3.63) is 46.5 Å². The van der Waals surface area contributed by atoms with E-state index in [2.05, 4.69) is 5.32 Å². The molecule has 0 radical (unpaired) electrons. The average Bonchev–Trinajstić information content (AvgIpc) is 3.79. The van der Waals surface area contributed by atoms with Crippen LogP contribution < -0.4 is 15.0 Å². The summed E-state index contributed by atoms with van der Waals surface area (Å²) in [5.41, 5.74) is -0.877. The Morgan fingerprint density at radius 3 is 2.63 bits per heavy atom. The van der Waals surface area contributed by atoms with Gasteiger partial charge in [0.25, 0.3) is 0 Å². The van der Waals surface area contributed by atoms with Crippen LogP contribution >= 0.6 is 23.4 Å². The van der Waals surface area contributed by atoms with Gasteiger partial charge in [-0.1, -0.05) is 42.3 Å². The Kier molecular flexibility index (Phi) is 13.2. The normalized spacial score (nSPS) is 31.9. The maximum absolute atomic E-state index is 14.1. The molecular formula is C36H50ClN3O10S. The van der Waals surface area contributed by atoms with Crippen LogP contribution in [0.3, 0.4) is 0 Å². The predicted octanol–water partition coefficient (Wildman–Crippen LogP) is 4.27. The Morgan fingerprint density at radius 2 is 1.98 bits per heavy atom. The van der Waals surface area contributed by atoms with Crippen LogP contribution in [0.4, 0.5) is 10.5 Å². The molecule has 1 aromatic carbocycles. The van der Waals surface area contributed by atoms with Crippen molar-refractivity contribution >= 4 is 52.9 Å². The van der Waals surface area contributed by atoms with E-state index in [4.69, 9.17) is 35.3 Å². The number of rotatable bonds is 8. The highest BCUT2D eigenvalue weighted by Crippen LogP contribution is 2.49. The summed E-state index contributed by atoms with van der Waals surface area (Å²) in [6, 6.07) is 2.64. The zero-order valence-electron chi connectivity index (χ0n) is 30.7. The first-order valence-electron chi connectivity index (χ1n) is 16.8. The van der Waals surface area contributed by atoms with Gasteiger partial charge in [-0.05, 0) is 51.1 Å². The molecule has 0 saturated carbocycles. The second-order valence-corrected chi connectivity index (χ2v) is 15.0. The van der Waals surface area contributed by atoms with E-state index >= 15 is 0 Å². The number of fused-ring (bicyclic) bond motifs is 5. The molecule has 0 unspecified atom stereocenters. The first kappa shape index (κ1) is 40.5. The van der Waals surface area contributed by atoms with Crippen molar-refractivity contribution in [3.63, 3.8) is 0 Å². The number of carbonyl (C=O) groups is 4. The number of esters is 1. The molecule has 3 amide bonds. The van der Waals surface area contributed by atoms with Crippen molar-refractivity contribution in [2.75, 3.05) is 45.2 Å². The quantitative estimate of drug-likeness (QED) is 0.289. The van der Waals surface area contributed by atoms with E-state index in [1.54, 1.807) is 52.1 Å². The van der Waals surface area contributed by atoms with Crippen LogP contribution in [0.1, 0.15) is 52.5 Å². The number of anilines is 1. The lowest BCUT2D eigenvalue weighted by molar-refractivity contribution is -0.161. The summed E-state index contributed by atoms with van der Waals surface area (Å²) in [5, 5.41) is 14.4. The predicted molar refractivity (Wildman–Crippen MR) is 194 cm³/mol. The van der Waals surface area contributed by atoms with Gasteiger partial charge in [-0.2, -0.15) is 11.8 Å². The van der Waals surface area contributed by atoms with Crippen molar-refractivity contribution in [1.82, 2.24) is 10.2 Å². The maximum Gasteiger partial charge on any atom is 0.409 e. The minimum atomic E-state index is -1.82. The largest absolute Gasteiger partial charge is 0.495 e. The number of carbonyl (C=O) groups excluding carboxylic acids is 4. The number of nitrogens with one attached hydrogen (secondary N) is 1. The summed E-state index contributed by atoms with van der Waals surface area (Å²) in [6.45, 7) is 7.02. The molecule has 4 rings (SSSR count). The number of amides is 3. The van der Waals surface area contributed by atoms with Crippen LogP contribution in [0.2, 0.25) is 5.02 Å². The molecule has 2 fully saturated rings. The van der Waals surface area contributed by atoms with Crippen LogP contribution in [0.15, 0.2) is 35.9 Å². The van der Waals surface area contributed by atoms with Crippen molar-refractivity contribution in [2.45, 2.75) is 95.2 Å². The lowest BCUT2D eigenvalue weighted by Crippen LogP contribution is -2.63. The second kappa shape index (κ2) is 16.6. The Labute approximate surface area is 308 Å². The molecule has 3 aliphatic rings. The van der Waals surface area contributed by atoms with E-state index in [1.165, 1.54) is 42.8 Å². The van der Waals surface area contributed by atoms with E-state index in [-0.39, 0.29) is 30.2 Å². The summed E-state index contributed by atoms with van der Waals surface area (Å²) in [7, 11) is 6.04. The number of ether oxygens (including phenoxy) is 5. The lowest BCUT2D eigenvalue weighted by atomic mass is 9.83. The second-order valence-electron chi connectivity index (χ2n) is 13.6. The molecule has 0 aliphatic carbocycles. The number of halogens is 1. The van der Waals surface area contributed by atoms with E-state index in [1.807, 2.05) is 19.3 Å². The number of likely N-dealkylation sites (N-methyl/N-ethyl adjacent to an activating group) is 1. The molecule has 8 atom stereocenters. The molecule has 3 aliphatic heterocycles. The van der Waals surface area contributed by atoms with Crippen LogP contribution in [0.5, 0.6) is 5.75 Å². The number of nitrogens with zero attached hydrogens (tertiary/aromatic N) is 2. The van der Waals surface area contributed by atoms with Gasteiger partial charge in [0.2, 0.25) is 11.8 Å². The number of methoxy groups -OCH3 is 2. The minimum Gasteiger partial charge on any atom is -0.495 e. The number of thioether (sulfide) groups is 1. The Balaban J connectivity index is 1.76. The third-order valence-electron chi connectivity index (χ3n) is 10.0. The van der Waals surface area contributed by atoms with Gasteiger partial charge in [-0.15, -0.1) is 0 Å². The first-order chi connectivity index (χ1) is 24.0. The fourth-order valence-electron chi connectivity index (χ4n) is 6.58. The molecule has 51 heavy (non-hydrogen) atoms. The van der Waals surface area contributed by atoms with Gasteiger partial charge in [0.15, 0.2) is 5.72 Å². The number of hydrogen-bond donors (Lipinski definition) is 2. The molecular weight excluding hydrogens is 702 g/mol. The van der Waals surface area contributed by atoms with Gasteiger partial charge in [0.05, 0.1) is 25.3 Å². The molecule has 13 nitrogen and oxygen atoms in total. The van der Waals surface area contributed by atoms with Gasteiger partial charge in [0, 0.05) is 45.7 Å². The number of benzene rings is 1. The number of hydrogen-bond acceptors (Lipinski definition) is 11. The van der Waals surface area contributed by atoms with Gasteiger partial charge in [-0.25, -0.2) is 9.59 Å². The Hall–Kier alpha value is -3.30. The number of allylic oxidation sites excluding steroid dienone is 3. The van der Waals surface area contributed by atoms with Crippen LogP contribution in [-0.2, 0) is 39.8 Å².